The second kappa shape index (κ2) is 4.97. The average Bonchev–Trinajstić information content (AvgIpc) is 2.34. The van der Waals surface area contributed by atoms with Gasteiger partial charge in [0.15, 0.2) is 0 Å². The number of hydrogen-bond donors (Lipinski definition) is 1. The molecule has 0 unspecified atom stereocenters. The number of carbonyl (C=O) groups is 1. The van der Waals surface area contributed by atoms with Crippen molar-refractivity contribution in [3.05, 3.63) is 0 Å². The van der Waals surface area contributed by atoms with Crippen molar-refractivity contribution < 1.29 is 14.6 Å². The Hall–Kier alpha value is -0.770. The van der Waals surface area contributed by atoms with E-state index in [-0.39, 0.29) is 23.0 Å². The van der Waals surface area contributed by atoms with E-state index in [1.54, 1.807) is 0 Å². The molecule has 0 aromatic carbocycles. The molecule has 3 atom stereocenters. The summed E-state index contributed by atoms with van der Waals surface area (Å²) in [5.41, 5.74) is 0.0431. The first-order valence-electron chi connectivity index (χ1n) is 7.41. The van der Waals surface area contributed by atoms with Gasteiger partial charge >= 0.3 is 6.09 Å². The molecule has 2 rings (SSSR count). The van der Waals surface area contributed by atoms with Gasteiger partial charge in [0.2, 0.25) is 0 Å². The summed E-state index contributed by atoms with van der Waals surface area (Å²) < 4.78 is 5.12. The van der Waals surface area contributed by atoms with Crippen molar-refractivity contribution in [3.8, 4) is 0 Å². The summed E-state index contributed by atoms with van der Waals surface area (Å²) in [6.07, 6.45) is 2.36. The molecular weight excluding hydrogens is 242 g/mol. The summed E-state index contributed by atoms with van der Waals surface area (Å²) in [6.45, 7) is 10.4. The molecule has 0 bridgehead atoms. The zero-order chi connectivity index (χ0) is 14.3. The number of aliphatic hydroxyl groups is 1. The van der Waals surface area contributed by atoms with Crippen LogP contribution in [0.4, 0.5) is 4.79 Å². The zero-order valence-corrected chi connectivity index (χ0v) is 12.6. The highest BCUT2D eigenvalue weighted by molar-refractivity contribution is 5.67. The Labute approximate surface area is 116 Å². The lowest BCUT2D eigenvalue weighted by molar-refractivity contribution is -0.123. The van der Waals surface area contributed by atoms with Gasteiger partial charge in [0, 0.05) is 13.1 Å². The molecule has 1 amide bonds. The predicted molar refractivity (Wildman–Crippen MR) is 73.8 cm³/mol. The quantitative estimate of drug-likeness (QED) is 0.796. The van der Waals surface area contributed by atoms with Gasteiger partial charge in [-0.15, -0.1) is 0 Å². The van der Waals surface area contributed by atoms with Crippen molar-refractivity contribution in [2.45, 2.75) is 53.1 Å². The van der Waals surface area contributed by atoms with E-state index in [0.29, 0.717) is 12.5 Å². The number of aliphatic hydroxyl groups excluding tert-OH is 1. The minimum Gasteiger partial charge on any atom is -0.450 e. The first kappa shape index (κ1) is 14.6. The lowest BCUT2D eigenvalue weighted by Gasteiger charge is -2.57. The van der Waals surface area contributed by atoms with Gasteiger partial charge < -0.3 is 14.7 Å². The molecule has 0 aromatic rings. The fourth-order valence-electron chi connectivity index (χ4n) is 4.22. The molecule has 1 N–H and O–H groups in total. The Bertz CT molecular complexity index is 355. The second-order valence-electron chi connectivity index (χ2n) is 6.99. The molecule has 19 heavy (non-hydrogen) atoms. The van der Waals surface area contributed by atoms with Crippen LogP contribution in [0.1, 0.15) is 47.0 Å². The minimum atomic E-state index is -0.222. The van der Waals surface area contributed by atoms with Gasteiger partial charge in [-0.05, 0) is 42.9 Å². The van der Waals surface area contributed by atoms with Crippen LogP contribution in [0, 0.1) is 16.7 Å². The monoisotopic (exact) mass is 269 g/mol. The predicted octanol–water partition coefficient (Wildman–Crippen LogP) is 2.65. The number of carbonyl (C=O) groups excluding carboxylic acids is 1. The van der Waals surface area contributed by atoms with Crippen molar-refractivity contribution in [2.24, 2.45) is 16.7 Å². The van der Waals surface area contributed by atoms with E-state index in [1.165, 1.54) is 0 Å². The van der Waals surface area contributed by atoms with E-state index >= 15 is 0 Å². The highest BCUT2D eigenvalue weighted by atomic mass is 16.6. The fourth-order valence-corrected chi connectivity index (χ4v) is 4.22. The molecule has 2 aliphatic rings. The largest absolute Gasteiger partial charge is 0.450 e. The zero-order valence-electron chi connectivity index (χ0n) is 12.6. The third kappa shape index (κ3) is 2.47. The first-order valence-corrected chi connectivity index (χ1v) is 7.41. The van der Waals surface area contributed by atoms with Crippen LogP contribution in [0.5, 0.6) is 0 Å². The number of fused-ring (bicyclic) bond motifs is 1. The van der Waals surface area contributed by atoms with Crippen LogP contribution in [0.25, 0.3) is 0 Å². The Balaban J connectivity index is 2.13. The van der Waals surface area contributed by atoms with E-state index in [1.807, 2.05) is 11.8 Å². The van der Waals surface area contributed by atoms with Gasteiger partial charge in [-0.25, -0.2) is 4.79 Å². The Morgan fingerprint density at radius 3 is 2.68 bits per heavy atom. The number of amides is 1. The smallest absolute Gasteiger partial charge is 0.409 e. The maximum absolute atomic E-state index is 11.9. The minimum absolute atomic E-state index is 0.0618. The number of ether oxygens (including phenoxy) is 1. The highest BCUT2D eigenvalue weighted by Gasteiger charge is 2.53. The molecule has 110 valence electrons. The standard InChI is InChI=1S/C15H27NO3/c1-5-19-13(18)16-9-7-11-14(2,3)12(17)6-8-15(11,4)10-16/h11-12,17H,5-10H2,1-4H3/t11-,12-,15+/m0/s1. The molecule has 4 nitrogen and oxygen atoms in total. The van der Waals surface area contributed by atoms with Crippen LogP contribution in [0.15, 0.2) is 0 Å². The Morgan fingerprint density at radius 2 is 2.05 bits per heavy atom. The van der Waals surface area contributed by atoms with E-state index in [4.69, 9.17) is 4.74 Å². The molecule has 4 heteroatoms. The maximum atomic E-state index is 11.9. The van der Waals surface area contributed by atoms with Crippen LogP contribution in [-0.4, -0.2) is 41.9 Å². The molecule has 2 fully saturated rings. The van der Waals surface area contributed by atoms with Crippen LogP contribution in [0.2, 0.25) is 0 Å². The van der Waals surface area contributed by atoms with Gasteiger partial charge in [0.1, 0.15) is 0 Å². The summed E-state index contributed by atoms with van der Waals surface area (Å²) in [4.78, 5) is 13.7. The molecule has 1 saturated carbocycles. The first-order chi connectivity index (χ1) is 8.81. The van der Waals surface area contributed by atoms with Gasteiger partial charge in [-0.1, -0.05) is 20.8 Å². The van der Waals surface area contributed by atoms with E-state index in [0.717, 1.165) is 32.4 Å². The fraction of sp³-hybridized carbons (Fsp3) is 0.933. The molecule has 1 aliphatic carbocycles. The molecular formula is C15H27NO3. The molecule has 0 radical (unpaired) electrons. The second-order valence-corrected chi connectivity index (χ2v) is 6.99. The number of nitrogens with zero attached hydrogens (tertiary/aromatic N) is 1. The molecule has 1 heterocycles. The number of likely N-dealkylation sites (tertiary alicyclic amines) is 1. The van der Waals surface area contributed by atoms with Crippen molar-refractivity contribution in [3.63, 3.8) is 0 Å². The lowest BCUT2D eigenvalue weighted by Crippen LogP contribution is -2.58. The van der Waals surface area contributed by atoms with Gasteiger partial charge in [0.05, 0.1) is 12.7 Å². The topological polar surface area (TPSA) is 49.8 Å². The molecule has 1 saturated heterocycles. The Kier molecular flexibility index (Phi) is 3.83. The van der Waals surface area contributed by atoms with Crippen molar-refractivity contribution in [2.75, 3.05) is 19.7 Å². The van der Waals surface area contributed by atoms with Gasteiger partial charge in [-0.3, -0.25) is 0 Å². The third-order valence-corrected chi connectivity index (χ3v) is 5.35. The van der Waals surface area contributed by atoms with Crippen LogP contribution < -0.4 is 0 Å². The van der Waals surface area contributed by atoms with E-state index in [9.17, 15) is 9.90 Å². The van der Waals surface area contributed by atoms with E-state index in [2.05, 4.69) is 20.8 Å². The number of piperidine rings is 1. The van der Waals surface area contributed by atoms with Gasteiger partial charge in [-0.2, -0.15) is 0 Å². The van der Waals surface area contributed by atoms with Gasteiger partial charge in [0.25, 0.3) is 0 Å². The maximum Gasteiger partial charge on any atom is 0.409 e. The van der Waals surface area contributed by atoms with E-state index < -0.39 is 0 Å². The Morgan fingerprint density at radius 1 is 1.37 bits per heavy atom. The highest BCUT2D eigenvalue weighted by Crippen LogP contribution is 2.54. The van der Waals surface area contributed by atoms with Crippen molar-refractivity contribution in [1.29, 1.82) is 0 Å². The lowest BCUT2D eigenvalue weighted by atomic mass is 9.53. The molecule has 0 aromatic heterocycles. The third-order valence-electron chi connectivity index (χ3n) is 5.35. The summed E-state index contributed by atoms with van der Waals surface area (Å²) in [6, 6.07) is 0. The molecule has 1 aliphatic heterocycles. The normalized spacial score (nSPS) is 37.6. The SMILES string of the molecule is CCOC(=O)N1CC[C@H]2C(C)(C)[C@@H](O)CC[C@]2(C)C1. The summed E-state index contributed by atoms with van der Waals surface area (Å²) in [7, 11) is 0. The average molecular weight is 269 g/mol. The van der Waals surface area contributed by atoms with Crippen LogP contribution in [-0.2, 0) is 4.74 Å². The van der Waals surface area contributed by atoms with Crippen molar-refractivity contribution >= 4 is 6.09 Å². The molecule has 0 spiro atoms. The van der Waals surface area contributed by atoms with Crippen molar-refractivity contribution in [1.82, 2.24) is 4.90 Å². The number of hydrogen-bond acceptors (Lipinski definition) is 3. The van der Waals surface area contributed by atoms with Crippen LogP contribution >= 0.6 is 0 Å². The summed E-state index contributed by atoms with van der Waals surface area (Å²) in [5, 5.41) is 10.2. The summed E-state index contributed by atoms with van der Waals surface area (Å²) in [5.74, 6) is 0.467. The number of rotatable bonds is 1. The summed E-state index contributed by atoms with van der Waals surface area (Å²) >= 11 is 0. The van der Waals surface area contributed by atoms with Crippen LogP contribution in [0.3, 0.4) is 0 Å².